The summed E-state index contributed by atoms with van der Waals surface area (Å²) in [6.45, 7) is 7.85. The number of benzene rings is 14. The minimum atomic E-state index is -3.22. The number of amides is 1. The maximum atomic E-state index is 13.3. The molecule has 145 heavy (non-hydrogen) atoms. The fraction of sp³-hybridized carbons (Fsp3) is 0.0877. The van der Waals surface area contributed by atoms with Crippen LogP contribution >= 0.6 is 115 Å². The first-order chi connectivity index (χ1) is 68.9. The SMILES string of the molecule is C.CC(=O)CBr.Cc1c(C=C2C(=O)c3cc4ccccc4cc3C2=O)sc2c1c1ccccc1n2-c1ccccc1.Cc1c(C=O)sc2c1c1ccccc1n2-c1ccccc1.Cc1csc2c1c1ccccc1n2-c1ccccc1.O=C1CC(=O)c2cc3ccccc3cc21.O=C1Cc2ccccc2N1c1ccccc1.O=P(Cl)(Cl)Cl.S=C1Cc2ccccc2N1c1ccccc1.S=PP=S=S=S=S.[2H-].[2H]CF.[BH4-].[CH3-].[CH3-]. The molecule has 20 aromatic rings. The van der Waals surface area contributed by atoms with Crippen LogP contribution in [0, 0.1) is 35.6 Å². The summed E-state index contributed by atoms with van der Waals surface area (Å²) < 4.78 is 31.9. The molecule has 0 bridgehead atoms. The Morgan fingerprint density at radius 3 is 1.23 bits per heavy atom. The zero-order valence-electron chi connectivity index (χ0n) is 79.6. The Bertz CT molecular complexity index is 8280. The van der Waals surface area contributed by atoms with E-state index < -0.39 is 12.4 Å². The number of aryl methyl sites for hydroxylation is 3. The van der Waals surface area contributed by atoms with Gasteiger partial charge >= 0.3 is 5.20 Å². The molecule has 13 nitrogen and oxygen atoms in total. The van der Waals surface area contributed by atoms with Crippen LogP contribution in [0.25, 0.3) is 108 Å². The number of thiophene rings is 3. The Balaban J connectivity index is 0.000000177. The van der Waals surface area contributed by atoms with Crippen LogP contribution in [0.3, 0.4) is 0 Å². The van der Waals surface area contributed by atoms with Crippen molar-refractivity contribution in [3.05, 3.63) is 431 Å². The maximum Gasteiger partial charge on any atom is 0.339 e. The van der Waals surface area contributed by atoms with Crippen molar-refractivity contribution in [3.63, 3.8) is 0 Å². The van der Waals surface area contributed by atoms with Gasteiger partial charge in [-0.05, 0) is 288 Å². The lowest BCUT2D eigenvalue weighted by Crippen LogP contribution is -2.20. The molecular weight excluding hydrogens is 2160 g/mol. The van der Waals surface area contributed by atoms with Crippen molar-refractivity contribution < 1.29 is 45.3 Å². The van der Waals surface area contributed by atoms with E-state index in [0.29, 0.717) is 34.0 Å². The minimum absolute atomic E-state index is 0. The number of allylic oxidation sites excluding steroid dienone is 1. The first-order valence-electron chi connectivity index (χ1n) is 44.3. The number of ketones is 5. The Kier molecular flexibility index (Phi) is 41.2. The average Bonchev–Trinajstić information content (AvgIpc) is 1.57. The van der Waals surface area contributed by atoms with Crippen LogP contribution in [-0.4, -0.2) is 80.7 Å². The van der Waals surface area contributed by atoms with E-state index in [0.717, 1.165) is 116 Å². The molecule has 4 aliphatic rings. The third kappa shape index (κ3) is 26.0. The average molecular weight is 2270 g/mol. The van der Waals surface area contributed by atoms with Crippen molar-refractivity contribution >= 4 is 334 Å². The molecule has 6 aromatic heterocycles. The Morgan fingerprint density at radius 2 is 0.828 bits per heavy atom. The van der Waals surface area contributed by atoms with Crippen molar-refractivity contribution in [3.8, 4) is 17.1 Å². The predicted molar refractivity (Wildman–Crippen MR) is 648 cm³/mol. The quantitative estimate of drug-likeness (QED) is 0.0155. The summed E-state index contributed by atoms with van der Waals surface area (Å²) in [4.78, 5) is 92.9. The van der Waals surface area contributed by atoms with Crippen LogP contribution in [0.2, 0.25) is 0 Å². The highest BCUT2D eigenvalue weighted by Crippen LogP contribution is 2.61. The number of para-hydroxylation sites is 10. The molecule has 0 saturated heterocycles. The lowest BCUT2D eigenvalue weighted by atomic mass is 10.0. The van der Waals surface area contributed by atoms with E-state index in [-0.39, 0.29) is 78.9 Å². The lowest BCUT2D eigenvalue weighted by molar-refractivity contribution is -0.117. The van der Waals surface area contributed by atoms with E-state index in [9.17, 15) is 42.5 Å². The Hall–Kier alpha value is -11.5. The van der Waals surface area contributed by atoms with Gasteiger partial charge in [-0.15, -0.1) is 34.0 Å². The number of hydrogen-bond acceptors (Lipinski definition) is 14. The molecule has 2 aliphatic heterocycles. The molecule has 0 atom stereocenters. The number of nitrogens with zero attached hydrogens (tertiary/aromatic N) is 5. The second kappa shape index (κ2) is 53.2. The number of carbonyl (C=O) groups excluding carboxylic acids is 7. The molecule has 738 valence electrons. The highest BCUT2D eigenvalue weighted by atomic mass is 79.9. The van der Waals surface area contributed by atoms with Crippen molar-refractivity contribution in [2.45, 2.75) is 54.4 Å². The molecule has 1 amide bonds. The van der Waals surface area contributed by atoms with Crippen LogP contribution in [0.5, 0.6) is 0 Å². The minimum Gasteiger partial charge on any atom is -1.00 e. The molecule has 0 unspecified atom stereocenters. The van der Waals surface area contributed by atoms with Crippen molar-refractivity contribution in [1.82, 2.24) is 13.7 Å². The molecule has 8 heterocycles. The van der Waals surface area contributed by atoms with Crippen LogP contribution < -0.4 is 9.80 Å². The summed E-state index contributed by atoms with van der Waals surface area (Å²) in [6, 6.07) is 116. The largest absolute Gasteiger partial charge is 1.00 e. The van der Waals surface area contributed by atoms with E-state index in [2.05, 4.69) is 274 Å². The molecule has 0 radical (unpaired) electrons. The number of rotatable bonds is 9. The number of fused-ring (bicyclic) bond motifs is 15. The number of aldehydes is 1. The maximum absolute atomic E-state index is 13.3. The molecule has 2 aliphatic carbocycles. The molecule has 0 N–H and O–H groups in total. The number of carbonyl (C=O) groups is 7. The number of thiocarbonyl (C=S) groups is 1. The van der Waals surface area contributed by atoms with Gasteiger partial charge < -0.3 is 34.9 Å². The highest BCUT2D eigenvalue weighted by molar-refractivity contribution is 9.09. The van der Waals surface area contributed by atoms with Crippen molar-refractivity contribution in [1.29, 1.82) is 0 Å². The van der Waals surface area contributed by atoms with Crippen LogP contribution in [0.15, 0.2) is 357 Å². The molecular formula is C114H98BBrCl3FN5O8P3S9-4. The molecule has 0 fully saturated rings. The van der Waals surface area contributed by atoms with Gasteiger partial charge in [0.1, 0.15) is 20.3 Å². The zero-order chi connectivity index (χ0) is 100. The molecule has 31 heteroatoms. The standard InChI is InChI=1S/C31H19NO2S.C18H13NOS.C17H13NS.C14H11NO.C14H11NS.C13H8O2.C3H5BrO.CH3F.CH4.2CH3.BH4.Cl3OP.P2S5.H/c1-18-27(17-25-29(33)23-15-19-9-5-6-10-20(19)16-24(23)30(25)34)35-31-28(18)22-13-7-8-14-26(22)32(31)21-11-3-2-4-12-21;1-12-16(11-20)21-18-17(12)14-9-5-6-10-15(14)19(18)13-7-3-2-4-8-13;1-12-11-19-17-16(12)14-9-5-6-10-15(14)18(17)13-7-3-2-4-8-13;2*16-14-10-11-6-4-5-9-13(11)15(14)12-7-2-1-3-8-12;14-12-7-13(15)11-6-9-4-2-1-3-8(9)5-10(11)12;1-3(5)2-4;1-2;;;;;1-5(2,3)4;3-1-2-5-7-6-4;/h2-17H,1H3;2-11H,1H3;2-11H,1H3;2*1-9H,10H2;1-6H,7H2;2H2,1H3;1H3;1H4;2*1H3;1H4;;;/q;;;;;;;;;3*-1;;;-1/i;;;;;;;1D;;;;;;;1+1. The van der Waals surface area contributed by atoms with Gasteiger partial charge in [0, 0.05) is 108 Å². The summed E-state index contributed by atoms with van der Waals surface area (Å²) in [5.74, 6) is -0.174. The topological polar surface area (TPSA) is 158 Å². The number of hydrogen-bond donors (Lipinski definition) is 0. The van der Waals surface area contributed by atoms with E-state index in [1.807, 2.05) is 200 Å². The van der Waals surface area contributed by atoms with Crippen molar-refractivity contribution in [2.24, 2.45) is 0 Å². The van der Waals surface area contributed by atoms with Crippen LogP contribution in [-0.2, 0) is 77.3 Å². The van der Waals surface area contributed by atoms with Gasteiger partial charge in [0.25, 0.3) is 0 Å². The number of anilines is 4. The van der Waals surface area contributed by atoms with E-state index in [4.69, 9.17) is 13.6 Å². The van der Waals surface area contributed by atoms with E-state index in [1.165, 1.54) is 93.5 Å². The smallest absolute Gasteiger partial charge is 0.339 e. The fourth-order valence-corrected chi connectivity index (χ4v) is 30.7. The number of Topliss-reactive ketones (excluding diaryl/α,β-unsaturated/α-hetero) is 5. The molecule has 14 aromatic carbocycles. The molecule has 0 saturated carbocycles. The van der Waals surface area contributed by atoms with Gasteiger partial charge in [0.15, 0.2) is 29.4 Å². The van der Waals surface area contributed by atoms with Gasteiger partial charge in [-0.2, -0.15) is 0 Å². The number of alkyl halides is 2. The van der Waals surface area contributed by atoms with Gasteiger partial charge in [-0.3, -0.25) is 47.4 Å². The lowest BCUT2D eigenvalue weighted by Gasteiger charge is -2.19. The third-order valence-corrected chi connectivity index (χ3v) is 37.8. The molecule has 24 rings (SSSR count). The third-order valence-electron chi connectivity index (χ3n) is 23.2. The van der Waals surface area contributed by atoms with Crippen LogP contribution in [0.4, 0.5) is 27.1 Å². The van der Waals surface area contributed by atoms with Crippen molar-refractivity contribution in [2.75, 3.05) is 22.3 Å². The Labute approximate surface area is 908 Å². The van der Waals surface area contributed by atoms with Crippen LogP contribution in [0.1, 0.15) is 107 Å². The first-order valence-corrected chi connectivity index (χ1v) is 60.6. The molecule has 0 spiro atoms. The monoisotopic (exact) mass is 2260 g/mol. The number of halogens is 5. The highest BCUT2D eigenvalue weighted by Gasteiger charge is 2.35. The second-order valence-corrected chi connectivity index (χ2v) is 52.2. The summed E-state index contributed by atoms with van der Waals surface area (Å²) in [7, 11) is 5.83. The summed E-state index contributed by atoms with van der Waals surface area (Å²) in [6.07, 6.45) is 4.18. The predicted octanol–water partition coefficient (Wildman–Crippen LogP) is 33.4. The normalized spacial score (nSPS) is 12.2. The second-order valence-electron chi connectivity index (χ2n) is 31.9. The first kappa shape index (κ1) is 112. The van der Waals surface area contributed by atoms with E-state index in [1.54, 1.807) is 52.0 Å². The van der Waals surface area contributed by atoms with Gasteiger partial charge in [-0.1, -0.05) is 275 Å². The summed E-state index contributed by atoms with van der Waals surface area (Å²) >= 11 is 36.5. The zero-order valence-corrected chi connectivity index (χ0v) is 91.5. The van der Waals surface area contributed by atoms with Gasteiger partial charge in [-0.25, -0.2) is 0 Å². The van der Waals surface area contributed by atoms with Gasteiger partial charge in [0.2, 0.25) is 5.91 Å². The Morgan fingerprint density at radius 1 is 0.497 bits per heavy atom. The van der Waals surface area contributed by atoms with E-state index >= 15 is 0 Å². The number of aromatic nitrogens is 3. The fourth-order valence-electron chi connectivity index (χ4n) is 17.2. The summed E-state index contributed by atoms with van der Waals surface area (Å²) in [5.41, 5.74) is 19.8. The summed E-state index contributed by atoms with van der Waals surface area (Å²) in [5, 5.41) is 10.9. The van der Waals surface area contributed by atoms with Gasteiger partial charge in [0.05, 0.1) is 70.1 Å².